The van der Waals surface area contributed by atoms with Gasteiger partial charge in [0.1, 0.15) is 11.9 Å². The molecule has 102 valence electrons. The molecular weight excluding hydrogens is 289 g/mol. The molecule has 3 N–H and O–H groups in total. The summed E-state index contributed by atoms with van der Waals surface area (Å²) >= 11 is 10.9. The quantitative estimate of drug-likeness (QED) is 0.822. The molecule has 0 aromatic heterocycles. The summed E-state index contributed by atoms with van der Waals surface area (Å²) in [7, 11) is 0. The second-order valence-electron chi connectivity index (χ2n) is 4.31. The van der Waals surface area contributed by atoms with Gasteiger partial charge in [0, 0.05) is 12.2 Å². The number of carbonyl (C=O) groups excluding carboxylic acids is 1. The van der Waals surface area contributed by atoms with E-state index < -0.39 is 11.7 Å². The zero-order chi connectivity index (χ0) is 14.0. The lowest BCUT2D eigenvalue weighted by Gasteiger charge is -2.25. The Morgan fingerprint density at radius 2 is 2.32 bits per heavy atom. The van der Waals surface area contributed by atoms with Crippen LogP contribution in [-0.4, -0.2) is 28.5 Å². The molecule has 1 aliphatic heterocycles. The van der Waals surface area contributed by atoms with Gasteiger partial charge in [0.15, 0.2) is 5.11 Å². The zero-order valence-corrected chi connectivity index (χ0v) is 11.6. The van der Waals surface area contributed by atoms with Crippen LogP contribution in [0.5, 0.6) is 0 Å². The number of amides is 1. The van der Waals surface area contributed by atoms with Crippen LogP contribution in [0.25, 0.3) is 0 Å². The lowest BCUT2D eigenvalue weighted by molar-refractivity contribution is -0.121. The highest BCUT2D eigenvalue weighted by molar-refractivity contribution is 7.80. The number of rotatable bonds is 2. The van der Waals surface area contributed by atoms with Crippen LogP contribution >= 0.6 is 23.8 Å². The van der Waals surface area contributed by atoms with Crippen LogP contribution < -0.4 is 11.1 Å². The third kappa shape index (κ3) is 3.13. The van der Waals surface area contributed by atoms with E-state index in [9.17, 15) is 9.18 Å². The van der Waals surface area contributed by atoms with Gasteiger partial charge in [-0.15, -0.1) is 0 Å². The molecule has 1 heterocycles. The van der Waals surface area contributed by atoms with Crippen LogP contribution in [-0.2, 0) is 4.79 Å². The molecule has 0 radical (unpaired) electrons. The standard InChI is InChI=1S/C12H13ClFN3OS/c13-8-6-7(3-4-9(8)14)16-12(19)17-5-1-2-10(17)11(15)18/h3-4,6,10H,1-2,5H2,(H2,15,18)(H,16,19)/t10-/m1/s1. The molecule has 1 aromatic carbocycles. The van der Waals surface area contributed by atoms with Gasteiger partial charge < -0.3 is 16.0 Å². The first kappa shape index (κ1) is 14.0. The molecular formula is C12H13ClFN3OS. The number of primary amides is 1. The monoisotopic (exact) mass is 301 g/mol. The minimum atomic E-state index is -0.491. The minimum absolute atomic E-state index is 0.0145. The molecule has 1 fully saturated rings. The Morgan fingerprint density at radius 3 is 2.95 bits per heavy atom. The number of nitrogens with one attached hydrogen (secondary N) is 1. The first-order valence-electron chi connectivity index (χ1n) is 5.81. The fourth-order valence-electron chi connectivity index (χ4n) is 2.07. The fourth-order valence-corrected chi connectivity index (χ4v) is 2.59. The second-order valence-corrected chi connectivity index (χ2v) is 5.11. The number of carbonyl (C=O) groups is 1. The topological polar surface area (TPSA) is 58.4 Å². The van der Waals surface area contributed by atoms with E-state index in [4.69, 9.17) is 29.6 Å². The van der Waals surface area contributed by atoms with E-state index >= 15 is 0 Å². The van der Waals surface area contributed by atoms with Crippen molar-refractivity contribution in [2.24, 2.45) is 5.73 Å². The Kier molecular flexibility index (Phi) is 4.21. The molecule has 0 spiro atoms. The van der Waals surface area contributed by atoms with E-state index in [1.54, 1.807) is 4.90 Å². The number of hydrogen-bond donors (Lipinski definition) is 2. The van der Waals surface area contributed by atoms with Gasteiger partial charge in [-0.1, -0.05) is 11.6 Å². The summed E-state index contributed by atoms with van der Waals surface area (Å²) in [6.45, 7) is 0.675. The number of halogens is 2. The van der Waals surface area contributed by atoms with Crippen LogP contribution in [0.3, 0.4) is 0 Å². The highest BCUT2D eigenvalue weighted by Gasteiger charge is 2.30. The smallest absolute Gasteiger partial charge is 0.240 e. The Bertz CT molecular complexity index is 526. The van der Waals surface area contributed by atoms with Gasteiger partial charge in [0.05, 0.1) is 5.02 Å². The summed E-state index contributed by atoms with van der Waals surface area (Å²) < 4.78 is 13.0. The van der Waals surface area contributed by atoms with Crippen molar-refractivity contribution in [2.45, 2.75) is 18.9 Å². The largest absolute Gasteiger partial charge is 0.368 e. The molecule has 1 amide bonds. The SMILES string of the molecule is NC(=O)[C@H]1CCCN1C(=S)Nc1ccc(F)c(Cl)c1. The first-order chi connectivity index (χ1) is 8.99. The molecule has 7 heteroatoms. The van der Waals surface area contributed by atoms with Crippen molar-refractivity contribution in [2.75, 3.05) is 11.9 Å². The van der Waals surface area contributed by atoms with E-state index in [-0.39, 0.29) is 11.1 Å². The van der Waals surface area contributed by atoms with Crippen molar-refractivity contribution in [1.29, 1.82) is 0 Å². The Balaban J connectivity index is 2.08. The molecule has 0 unspecified atom stereocenters. The average molecular weight is 302 g/mol. The highest BCUT2D eigenvalue weighted by Crippen LogP contribution is 2.22. The second kappa shape index (κ2) is 5.71. The van der Waals surface area contributed by atoms with Crippen LogP contribution in [0.1, 0.15) is 12.8 Å². The summed E-state index contributed by atoms with van der Waals surface area (Å²) in [5.74, 6) is -0.881. The van der Waals surface area contributed by atoms with Crippen molar-refractivity contribution < 1.29 is 9.18 Å². The van der Waals surface area contributed by atoms with Crippen molar-refractivity contribution in [3.63, 3.8) is 0 Å². The maximum absolute atomic E-state index is 13.0. The summed E-state index contributed by atoms with van der Waals surface area (Å²) in [4.78, 5) is 13.0. The molecule has 1 saturated heterocycles. The summed E-state index contributed by atoms with van der Waals surface area (Å²) in [5.41, 5.74) is 5.90. The number of nitrogens with two attached hydrogens (primary N) is 1. The molecule has 0 aliphatic carbocycles. The molecule has 1 aromatic rings. The Labute approximate surface area is 120 Å². The number of anilines is 1. The highest BCUT2D eigenvalue weighted by atomic mass is 35.5. The van der Waals surface area contributed by atoms with Crippen molar-refractivity contribution in [3.8, 4) is 0 Å². The van der Waals surface area contributed by atoms with Crippen LogP contribution in [0.4, 0.5) is 10.1 Å². The number of hydrogen-bond acceptors (Lipinski definition) is 2. The van der Waals surface area contributed by atoms with E-state index in [1.165, 1.54) is 18.2 Å². The molecule has 0 bridgehead atoms. The van der Waals surface area contributed by atoms with Crippen LogP contribution in [0.15, 0.2) is 18.2 Å². The van der Waals surface area contributed by atoms with Crippen molar-refractivity contribution >= 4 is 40.5 Å². The normalized spacial score (nSPS) is 18.4. The van der Waals surface area contributed by atoms with Gasteiger partial charge >= 0.3 is 0 Å². The fraction of sp³-hybridized carbons (Fsp3) is 0.333. The number of likely N-dealkylation sites (tertiary alicyclic amines) is 1. The molecule has 19 heavy (non-hydrogen) atoms. The van der Waals surface area contributed by atoms with Gasteiger partial charge in [-0.3, -0.25) is 4.79 Å². The number of benzene rings is 1. The molecule has 0 saturated carbocycles. The average Bonchev–Trinajstić information content (AvgIpc) is 2.83. The maximum atomic E-state index is 13.0. The van der Waals surface area contributed by atoms with Gasteiger partial charge in [0.25, 0.3) is 0 Å². The van der Waals surface area contributed by atoms with E-state index in [2.05, 4.69) is 5.32 Å². The lowest BCUT2D eigenvalue weighted by Crippen LogP contribution is -2.45. The zero-order valence-electron chi connectivity index (χ0n) is 10.0. The molecule has 2 rings (SSSR count). The van der Waals surface area contributed by atoms with E-state index in [1.807, 2.05) is 0 Å². The van der Waals surface area contributed by atoms with Crippen LogP contribution in [0, 0.1) is 5.82 Å². The summed E-state index contributed by atoms with van der Waals surface area (Å²) in [6, 6.07) is 3.85. The number of nitrogens with zero attached hydrogens (tertiary/aromatic N) is 1. The predicted molar refractivity (Wildman–Crippen MR) is 76.6 cm³/mol. The maximum Gasteiger partial charge on any atom is 0.240 e. The molecule has 1 atom stereocenters. The van der Waals surface area contributed by atoms with Gasteiger partial charge in [-0.05, 0) is 43.3 Å². The number of thiocarbonyl (C=S) groups is 1. The van der Waals surface area contributed by atoms with E-state index in [0.29, 0.717) is 23.8 Å². The molecule has 1 aliphatic rings. The van der Waals surface area contributed by atoms with Crippen LogP contribution in [0.2, 0.25) is 5.02 Å². The third-order valence-electron chi connectivity index (χ3n) is 3.01. The first-order valence-corrected chi connectivity index (χ1v) is 6.59. The van der Waals surface area contributed by atoms with Gasteiger partial charge in [-0.25, -0.2) is 4.39 Å². The summed E-state index contributed by atoms with van der Waals surface area (Å²) in [5, 5.41) is 3.34. The van der Waals surface area contributed by atoms with Crippen molar-refractivity contribution in [1.82, 2.24) is 4.90 Å². The summed E-state index contributed by atoms with van der Waals surface area (Å²) in [6.07, 6.45) is 1.56. The van der Waals surface area contributed by atoms with Gasteiger partial charge in [-0.2, -0.15) is 0 Å². The Morgan fingerprint density at radius 1 is 1.58 bits per heavy atom. The predicted octanol–water partition coefficient (Wildman–Crippen LogP) is 2.13. The minimum Gasteiger partial charge on any atom is -0.368 e. The van der Waals surface area contributed by atoms with Crippen molar-refractivity contribution in [3.05, 3.63) is 29.0 Å². The third-order valence-corrected chi connectivity index (χ3v) is 3.64. The van der Waals surface area contributed by atoms with Gasteiger partial charge in [0.2, 0.25) is 5.91 Å². The van der Waals surface area contributed by atoms with E-state index in [0.717, 1.165) is 6.42 Å². The Hall–Kier alpha value is -1.40. The molecule has 4 nitrogen and oxygen atoms in total. The lowest BCUT2D eigenvalue weighted by atomic mass is 10.2.